The van der Waals surface area contributed by atoms with E-state index in [2.05, 4.69) is 72.3 Å². The first-order valence-electron chi connectivity index (χ1n) is 9.15. The average Bonchev–Trinajstić information content (AvgIpc) is 2.96. The molecule has 0 bridgehead atoms. The fraction of sp³-hybridized carbons (Fsp3) is 0.550. The number of aryl methyl sites for hydroxylation is 2. The van der Waals surface area contributed by atoms with E-state index in [-0.39, 0.29) is 0 Å². The van der Waals surface area contributed by atoms with Gasteiger partial charge < -0.3 is 0 Å². The fourth-order valence-corrected chi connectivity index (χ4v) is 3.65. The van der Waals surface area contributed by atoms with Crippen LogP contribution in [0.4, 0.5) is 0 Å². The molecular formula is C20H30N4. The van der Waals surface area contributed by atoms with Crippen molar-refractivity contribution in [3.8, 4) is 0 Å². The van der Waals surface area contributed by atoms with E-state index >= 15 is 0 Å². The predicted molar refractivity (Wildman–Crippen MR) is 98.8 cm³/mol. The van der Waals surface area contributed by atoms with Crippen molar-refractivity contribution in [1.29, 1.82) is 0 Å². The maximum atomic E-state index is 4.58. The molecule has 0 amide bonds. The van der Waals surface area contributed by atoms with Gasteiger partial charge in [-0.3, -0.25) is 14.5 Å². The molecule has 130 valence electrons. The van der Waals surface area contributed by atoms with Gasteiger partial charge in [0, 0.05) is 44.0 Å². The topological polar surface area (TPSA) is 24.3 Å². The zero-order chi connectivity index (χ0) is 16.9. The molecule has 24 heavy (non-hydrogen) atoms. The van der Waals surface area contributed by atoms with Gasteiger partial charge in [-0.05, 0) is 45.8 Å². The molecule has 2 aromatic rings. The van der Waals surface area contributed by atoms with Crippen LogP contribution in [0.1, 0.15) is 36.6 Å². The number of nitrogens with zero attached hydrogens (tertiary/aromatic N) is 4. The second-order valence-corrected chi connectivity index (χ2v) is 7.03. The second kappa shape index (κ2) is 7.95. The molecule has 0 spiro atoms. The van der Waals surface area contributed by atoms with Crippen molar-refractivity contribution in [1.82, 2.24) is 19.6 Å². The molecule has 2 heterocycles. The largest absolute Gasteiger partial charge is 0.298 e. The summed E-state index contributed by atoms with van der Waals surface area (Å²) in [6, 6.07) is 11.4. The Labute approximate surface area is 146 Å². The molecule has 1 aromatic carbocycles. The van der Waals surface area contributed by atoms with Crippen LogP contribution in [0.5, 0.6) is 0 Å². The molecule has 4 nitrogen and oxygen atoms in total. The third kappa shape index (κ3) is 4.25. The SMILES string of the molecule is CCn1cc(CN2CCC[C@H](N(C)Cc3ccccc3)C2)c(C)n1. The van der Waals surface area contributed by atoms with Crippen LogP contribution in [0.3, 0.4) is 0 Å². The zero-order valence-corrected chi connectivity index (χ0v) is 15.3. The van der Waals surface area contributed by atoms with E-state index in [9.17, 15) is 0 Å². The second-order valence-electron chi connectivity index (χ2n) is 7.03. The van der Waals surface area contributed by atoms with Gasteiger partial charge in [-0.2, -0.15) is 5.10 Å². The molecule has 3 rings (SSSR count). The van der Waals surface area contributed by atoms with Gasteiger partial charge >= 0.3 is 0 Å². The van der Waals surface area contributed by atoms with Crippen molar-refractivity contribution in [2.75, 3.05) is 20.1 Å². The van der Waals surface area contributed by atoms with Crippen LogP contribution < -0.4 is 0 Å². The van der Waals surface area contributed by atoms with E-state index in [4.69, 9.17) is 0 Å². The minimum atomic E-state index is 0.639. The molecule has 0 unspecified atom stereocenters. The van der Waals surface area contributed by atoms with E-state index in [1.807, 2.05) is 4.68 Å². The van der Waals surface area contributed by atoms with Crippen molar-refractivity contribution in [3.05, 3.63) is 53.3 Å². The number of piperidine rings is 1. The standard InChI is InChI=1S/C20H30N4/c1-4-24-15-19(17(2)21-24)14-23-12-8-11-20(16-23)22(3)13-18-9-6-5-7-10-18/h5-7,9-10,15,20H,4,8,11-14,16H2,1-3H3/t20-/m0/s1. The first kappa shape index (κ1) is 17.2. The Morgan fingerprint density at radius 1 is 1.25 bits per heavy atom. The normalized spacial score (nSPS) is 19.1. The van der Waals surface area contributed by atoms with Crippen LogP contribution in [0.2, 0.25) is 0 Å². The molecular weight excluding hydrogens is 296 g/mol. The van der Waals surface area contributed by atoms with Crippen molar-refractivity contribution in [2.45, 2.75) is 52.4 Å². The average molecular weight is 326 g/mol. The quantitative estimate of drug-likeness (QED) is 0.814. The van der Waals surface area contributed by atoms with Crippen LogP contribution >= 0.6 is 0 Å². The molecule has 1 aromatic heterocycles. The summed E-state index contributed by atoms with van der Waals surface area (Å²) in [6.45, 7) is 9.64. The Morgan fingerprint density at radius 3 is 2.75 bits per heavy atom. The van der Waals surface area contributed by atoms with Crippen LogP contribution in [-0.2, 0) is 19.6 Å². The summed E-state index contributed by atoms with van der Waals surface area (Å²) in [5.74, 6) is 0. The Kier molecular flexibility index (Phi) is 5.69. The van der Waals surface area contributed by atoms with Crippen LogP contribution in [0, 0.1) is 6.92 Å². The van der Waals surface area contributed by atoms with Gasteiger partial charge in [0.1, 0.15) is 0 Å². The Bertz CT molecular complexity index is 634. The molecule has 4 heteroatoms. The van der Waals surface area contributed by atoms with Gasteiger partial charge in [-0.25, -0.2) is 0 Å². The molecule has 0 radical (unpaired) electrons. The van der Waals surface area contributed by atoms with Crippen molar-refractivity contribution < 1.29 is 0 Å². The minimum Gasteiger partial charge on any atom is -0.298 e. The summed E-state index contributed by atoms with van der Waals surface area (Å²) in [5, 5.41) is 4.58. The molecule has 0 saturated carbocycles. The van der Waals surface area contributed by atoms with Crippen LogP contribution in [-0.4, -0.2) is 45.8 Å². The molecule has 1 saturated heterocycles. The monoisotopic (exact) mass is 326 g/mol. The van der Waals surface area contributed by atoms with Crippen molar-refractivity contribution in [3.63, 3.8) is 0 Å². The van der Waals surface area contributed by atoms with E-state index in [1.165, 1.54) is 36.2 Å². The van der Waals surface area contributed by atoms with Gasteiger partial charge in [0.15, 0.2) is 0 Å². The van der Waals surface area contributed by atoms with Crippen LogP contribution in [0.15, 0.2) is 36.5 Å². The highest BCUT2D eigenvalue weighted by Crippen LogP contribution is 2.19. The Hall–Kier alpha value is -1.65. The zero-order valence-electron chi connectivity index (χ0n) is 15.3. The number of hydrogen-bond acceptors (Lipinski definition) is 3. The number of likely N-dealkylation sites (tertiary alicyclic amines) is 1. The lowest BCUT2D eigenvalue weighted by molar-refractivity contribution is 0.107. The first-order valence-corrected chi connectivity index (χ1v) is 9.15. The number of aromatic nitrogens is 2. The highest BCUT2D eigenvalue weighted by atomic mass is 15.3. The summed E-state index contributed by atoms with van der Waals surface area (Å²) in [6.07, 6.45) is 4.80. The van der Waals surface area contributed by atoms with E-state index < -0.39 is 0 Å². The summed E-state index contributed by atoms with van der Waals surface area (Å²) >= 11 is 0. The van der Waals surface area contributed by atoms with Crippen LogP contribution in [0.25, 0.3) is 0 Å². The van der Waals surface area contributed by atoms with Gasteiger partial charge in [0.2, 0.25) is 0 Å². The summed E-state index contributed by atoms with van der Waals surface area (Å²) in [4.78, 5) is 5.11. The van der Waals surface area contributed by atoms with E-state index in [0.29, 0.717) is 6.04 Å². The molecule has 1 aliphatic rings. The number of hydrogen-bond donors (Lipinski definition) is 0. The lowest BCUT2D eigenvalue weighted by Crippen LogP contribution is -2.45. The number of benzene rings is 1. The number of rotatable bonds is 6. The predicted octanol–water partition coefficient (Wildman–Crippen LogP) is 3.31. The Balaban J connectivity index is 1.58. The maximum absolute atomic E-state index is 4.58. The third-order valence-corrected chi connectivity index (χ3v) is 5.14. The molecule has 0 aliphatic carbocycles. The molecule has 1 fully saturated rings. The van der Waals surface area contributed by atoms with Gasteiger partial charge in [-0.1, -0.05) is 30.3 Å². The summed E-state index contributed by atoms with van der Waals surface area (Å²) in [5.41, 5.74) is 3.96. The molecule has 0 N–H and O–H groups in total. The third-order valence-electron chi connectivity index (χ3n) is 5.14. The minimum absolute atomic E-state index is 0.639. The highest BCUT2D eigenvalue weighted by Gasteiger charge is 2.24. The lowest BCUT2D eigenvalue weighted by Gasteiger charge is -2.37. The Morgan fingerprint density at radius 2 is 2.04 bits per heavy atom. The first-order chi connectivity index (χ1) is 11.7. The van der Waals surface area contributed by atoms with E-state index in [0.717, 1.165) is 26.2 Å². The maximum Gasteiger partial charge on any atom is 0.0638 e. The smallest absolute Gasteiger partial charge is 0.0638 e. The highest BCUT2D eigenvalue weighted by molar-refractivity contribution is 5.16. The fourth-order valence-electron chi connectivity index (χ4n) is 3.65. The molecule has 1 aliphatic heterocycles. The van der Waals surface area contributed by atoms with Gasteiger partial charge in [0.05, 0.1) is 5.69 Å². The van der Waals surface area contributed by atoms with Crippen molar-refractivity contribution in [2.24, 2.45) is 0 Å². The van der Waals surface area contributed by atoms with Gasteiger partial charge in [-0.15, -0.1) is 0 Å². The van der Waals surface area contributed by atoms with Gasteiger partial charge in [0.25, 0.3) is 0 Å². The summed E-state index contributed by atoms with van der Waals surface area (Å²) < 4.78 is 2.05. The number of likely N-dealkylation sites (N-methyl/N-ethyl adjacent to an activating group) is 1. The van der Waals surface area contributed by atoms with Crippen molar-refractivity contribution >= 4 is 0 Å². The van der Waals surface area contributed by atoms with E-state index in [1.54, 1.807) is 0 Å². The lowest BCUT2D eigenvalue weighted by atomic mass is 10.0. The summed E-state index contributed by atoms with van der Waals surface area (Å²) in [7, 11) is 2.27. The molecule has 1 atom stereocenters.